The van der Waals surface area contributed by atoms with Gasteiger partial charge >= 0.3 is 0 Å². The van der Waals surface area contributed by atoms with E-state index in [1.165, 1.54) is 21.6 Å². The molecule has 0 unspecified atom stereocenters. The Bertz CT molecular complexity index is 963. The largest absolute Gasteiger partial charge is 0.496 e. The molecule has 8 heteroatoms. The number of ether oxygens (including phenoxy) is 1. The van der Waals surface area contributed by atoms with Crippen LogP contribution < -0.4 is 9.64 Å². The summed E-state index contributed by atoms with van der Waals surface area (Å²) in [6.07, 6.45) is 1.85. The summed E-state index contributed by atoms with van der Waals surface area (Å²) in [5, 5.41) is 9.33. The molecule has 0 atom stereocenters. The first-order valence-electron chi connectivity index (χ1n) is 9.40. The van der Waals surface area contributed by atoms with Crippen molar-refractivity contribution in [2.75, 3.05) is 31.7 Å². The van der Waals surface area contributed by atoms with Gasteiger partial charge in [-0.3, -0.25) is 14.5 Å². The molecule has 1 fully saturated rings. The Hall–Kier alpha value is -2.68. The SMILES string of the molecule is COc1ccccc1C=C1SC(=S)N(CCC(=O)N(CCO)c2ccccc2)C1=O. The van der Waals surface area contributed by atoms with Crippen LogP contribution in [0.2, 0.25) is 0 Å². The quantitative estimate of drug-likeness (QED) is 0.500. The number of aliphatic hydroxyl groups excluding tert-OH is 1. The highest BCUT2D eigenvalue weighted by Crippen LogP contribution is 2.34. The summed E-state index contributed by atoms with van der Waals surface area (Å²) in [7, 11) is 1.58. The van der Waals surface area contributed by atoms with E-state index in [9.17, 15) is 14.7 Å². The fourth-order valence-corrected chi connectivity index (χ4v) is 4.37. The highest BCUT2D eigenvalue weighted by atomic mass is 32.2. The number of aliphatic hydroxyl groups is 1. The lowest BCUT2D eigenvalue weighted by molar-refractivity contribution is -0.123. The van der Waals surface area contributed by atoms with Gasteiger partial charge in [0.25, 0.3) is 5.91 Å². The minimum atomic E-state index is -0.225. The first kappa shape index (κ1) is 22.0. The Labute approximate surface area is 185 Å². The lowest BCUT2D eigenvalue weighted by Crippen LogP contribution is -2.37. The number of rotatable bonds is 8. The Morgan fingerprint density at radius 3 is 2.60 bits per heavy atom. The average Bonchev–Trinajstić information content (AvgIpc) is 3.03. The summed E-state index contributed by atoms with van der Waals surface area (Å²) < 4.78 is 5.75. The molecule has 0 radical (unpaired) electrons. The van der Waals surface area contributed by atoms with E-state index in [4.69, 9.17) is 17.0 Å². The highest BCUT2D eigenvalue weighted by molar-refractivity contribution is 8.26. The Morgan fingerprint density at radius 2 is 1.90 bits per heavy atom. The Kier molecular flexibility index (Phi) is 7.62. The van der Waals surface area contributed by atoms with E-state index in [-0.39, 0.29) is 37.9 Å². The number of methoxy groups -OCH3 is 1. The van der Waals surface area contributed by atoms with Gasteiger partial charge in [0.05, 0.1) is 18.6 Å². The molecule has 1 saturated heterocycles. The molecule has 3 rings (SSSR count). The third-order valence-corrected chi connectivity index (χ3v) is 5.92. The summed E-state index contributed by atoms with van der Waals surface area (Å²) in [6, 6.07) is 16.6. The Morgan fingerprint density at radius 1 is 1.20 bits per heavy atom. The molecule has 0 saturated carbocycles. The number of anilines is 1. The summed E-state index contributed by atoms with van der Waals surface area (Å²) in [5.41, 5.74) is 1.49. The fraction of sp³-hybridized carbons (Fsp3) is 0.227. The molecule has 2 amide bonds. The van der Waals surface area contributed by atoms with Gasteiger partial charge in [0.15, 0.2) is 0 Å². The van der Waals surface area contributed by atoms with Gasteiger partial charge in [-0.05, 0) is 24.3 Å². The molecule has 0 spiro atoms. The molecule has 1 aliphatic heterocycles. The van der Waals surface area contributed by atoms with Gasteiger partial charge < -0.3 is 14.7 Å². The van der Waals surface area contributed by atoms with Gasteiger partial charge in [-0.15, -0.1) is 0 Å². The molecule has 1 N–H and O–H groups in total. The maximum absolute atomic E-state index is 12.8. The number of carbonyl (C=O) groups is 2. The predicted octanol–water partition coefficient (Wildman–Crippen LogP) is 3.31. The van der Waals surface area contributed by atoms with Crippen LogP contribution in [0.3, 0.4) is 0 Å². The second-order valence-corrected chi connectivity index (χ2v) is 8.11. The van der Waals surface area contributed by atoms with Crippen LogP contribution in [-0.2, 0) is 9.59 Å². The van der Waals surface area contributed by atoms with E-state index in [0.29, 0.717) is 20.7 Å². The second kappa shape index (κ2) is 10.4. The van der Waals surface area contributed by atoms with Crippen molar-refractivity contribution >= 4 is 51.9 Å². The van der Waals surface area contributed by atoms with Crippen LogP contribution in [0.15, 0.2) is 59.5 Å². The third kappa shape index (κ3) is 5.08. The number of amides is 2. The van der Waals surface area contributed by atoms with Crippen molar-refractivity contribution in [3.05, 3.63) is 65.1 Å². The predicted molar refractivity (Wildman–Crippen MR) is 123 cm³/mol. The van der Waals surface area contributed by atoms with Crippen molar-refractivity contribution in [3.8, 4) is 5.75 Å². The van der Waals surface area contributed by atoms with E-state index < -0.39 is 0 Å². The van der Waals surface area contributed by atoms with Crippen molar-refractivity contribution in [1.29, 1.82) is 0 Å². The third-order valence-electron chi connectivity index (χ3n) is 4.54. The smallest absolute Gasteiger partial charge is 0.266 e. The lowest BCUT2D eigenvalue weighted by atomic mass is 10.2. The van der Waals surface area contributed by atoms with Crippen LogP contribution in [0.25, 0.3) is 6.08 Å². The summed E-state index contributed by atoms with van der Waals surface area (Å²) in [6.45, 7) is 0.222. The van der Waals surface area contributed by atoms with Gasteiger partial charge in [-0.1, -0.05) is 60.4 Å². The summed E-state index contributed by atoms with van der Waals surface area (Å²) in [5.74, 6) is 0.260. The summed E-state index contributed by atoms with van der Waals surface area (Å²) in [4.78, 5) is 29.1. The second-order valence-electron chi connectivity index (χ2n) is 6.43. The first-order valence-corrected chi connectivity index (χ1v) is 10.6. The number of hydrogen-bond acceptors (Lipinski definition) is 6. The monoisotopic (exact) mass is 442 g/mol. The van der Waals surface area contributed by atoms with E-state index >= 15 is 0 Å². The number of para-hydroxylation sites is 2. The number of benzene rings is 2. The summed E-state index contributed by atoms with van der Waals surface area (Å²) >= 11 is 6.58. The molecule has 30 heavy (non-hydrogen) atoms. The zero-order valence-electron chi connectivity index (χ0n) is 16.5. The topological polar surface area (TPSA) is 70.1 Å². The van der Waals surface area contributed by atoms with Gasteiger partial charge in [-0.2, -0.15) is 0 Å². The molecule has 0 bridgehead atoms. The number of thioether (sulfide) groups is 1. The molecular formula is C22H22N2O4S2. The van der Waals surface area contributed by atoms with Crippen LogP contribution in [0.5, 0.6) is 5.75 Å². The molecule has 6 nitrogen and oxygen atoms in total. The van der Waals surface area contributed by atoms with E-state index in [2.05, 4.69) is 0 Å². The fourth-order valence-electron chi connectivity index (χ4n) is 3.07. The van der Waals surface area contributed by atoms with Crippen LogP contribution >= 0.6 is 24.0 Å². The molecule has 1 aliphatic rings. The number of hydrogen-bond donors (Lipinski definition) is 1. The van der Waals surface area contributed by atoms with Gasteiger partial charge in [-0.25, -0.2) is 0 Å². The maximum atomic E-state index is 12.8. The van der Waals surface area contributed by atoms with Crippen molar-refractivity contribution in [1.82, 2.24) is 4.90 Å². The number of carbonyl (C=O) groups excluding carboxylic acids is 2. The van der Waals surface area contributed by atoms with Gasteiger partial charge in [0.2, 0.25) is 5.91 Å². The molecule has 2 aromatic carbocycles. The Balaban J connectivity index is 1.69. The molecule has 2 aromatic rings. The minimum absolute atomic E-state index is 0.100. The average molecular weight is 443 g/mol. The normalized spacial score (nSPS) is 15.0. The molecular weight excluding hydrogens is 420 g/mol. The molecule has 1 heterocycles. The minimum Gasteiger partial charge on any atom is -0.496 e. The number of thiocarbonyl (C=S) groups is 1. The van der Waals surface area contributed by atoms with Crippen LogP contribution in [0.1, 0.15) is 12.0 Å². The van der Waals surface area contributed by atoms with Crippen LogP contribution in [-0.4, -0.2) is 52.9 Å². The zero-order chi connectivity index (χ0) is 21.5. The van der Waals surface area contributed by atoms with Crippen molar-refractivity contribution < 1.29 is 19.4 Å². The highest BCUT2D eigenvalue weighted by Gasteiger charge is 2.32. The molecule has 0 aromatic heterocycles. The van der Waals surface area contributed by atoms with Crippen molar-refractivity contribution in [2.24, 2.45) is 0 Å². The molecule has 156 valence electrons. The lowest BCUT2D eigenvalue weighted by Gasteiger charge is -2.23. The van der Waals surface area contributed by atoms with Gasteiger partial charge in [0, 0.05) is 30.8 Å². The van der Waals surface area contributed by atoms with Crippen LogP contribution in [0.4, 0.5) is 5.69 Å². The van der Waals surface area contributed by atoms with Gasteiger partial charge in [0.1, 0.15) is 10.1 Å². The first-order chi connectivity index (χ1) is 14.5. The van der Waals surface area contributed by atoms with Crippen molar-refractivity contribution in [3.63, 3.8) is 0 Å². The molecule has 0 aliphatic carbocycles. The van der Waals surface area contributed by atoms with E-state index in [1.54, 1.807) is 13.2 Å². The maximum Gasteiger partial charge on any atom is 0.266 e. The van der Waals surface area contributed by atoms with Crippen molar-refractivity contribution in [2.45, 2.75) is 6.42 Å². The zero-order valence-corrected chi connectivity index (χ0v) is 18.1. The standard InChI is InChI=1S/C22H22N2O4S2/c1-28-18-10-6-5-7-16(18)15-19-21(27)24(22(29)30-19)12-11-20(26)23(13-14-25)17-8-3-2-4-9-17/h2-10,15,25H,11-14H2,1H3. The number of nitrogens with zero attached hydrogens (tertiary/aromatic N) is 2. The van der Waals surface area contributed by atoms with Crippen LogP contribution in [0, 0.1) is 0 Å². The van der Waals surface area contributed by atoms with E-state index in [1.807, 2.05) is 54.6 Å². The van der Waals surface area contributed by atoms with E-state index in [0.717, 1.165) is 5.56 Å².